The minimum absolute atomic E-state index is 0.117. The monoisotopic (exact) mass is 326 g/mol. The zero-order valence-corrected chi connectivity index (χ0v) is 13.8. The second-order valence-corrected chi connectivity index (χ2v) is 6.49. The van der Waals surface area contributed by atoms with E-state index in [4.69, 9.17) is 4.74 Å². The maximum absolute atomic E-state index is 12.4. The van der Waals surface area contributed by atoms with Crippen molar-refractivity contribution in [2.24, 2.45) is 0 Å². The molecule has 0 saturated carbocycles. The van der Waals surface area contributed by atoms with Crippen molar-refractivity contribution < 1.29 is 9.53 Å². The van der Waals surface area contributed by atoms with E-state index in [0.29, 0.717) is 12.2 Å². The van der Waals surface area contributed by atoms with Crippen molar-refractivity contribution in [1.29, 1.82) is 0 Å². The highest BCUT2D eigenvalue weighted by Crippen LogP contribution is 2.29. The lowest BCUT2D eigenvalue weighted by atomic mass is 10.1. The van der Waals surface area contributed by atoms with E-state index >= 15 is 0 Å². The highest BCUT2D eigenvalue weighted by atomic mass is 16.5. The number of carbonyl (C=O) groups is 1. The third-order valence-electron chi connectivity index (χ3n) is 4.56. The molecule has 1 unspecified atom stereocenters. The van der Waals surface area contributed by atoms with Gasteiger partial charge >= 0.3 is 0 Å². The zero-order valence-electron chi connectivity index (χ0n) is 13.8. The van der Waals surface area contributed by atoms with Crippen LogP contribution in [0.15, 0.2) is 24.4 Å². The quantitative estimate of drug-likeness (QED) is 0.892. The standard InChI is InChI=1S/C18H22N4O2/c1-12-8-14-9-13(2-3-16(14)24-12)10-20-18(23)15-11-22-7-6-19-5-4-17(22)21-15/h2-3,9,11-12,19H,4-8,10H2,1H3,(H,20,23). The van der Waals surface area contributed by atoms with E-state index in [1.807, 2.05) is 18.3 Å². The molecule has 2 aromatic rings. The fourth-order valence-corrected chi connectivity index (χ4v) is 3.34. The minimum Gasteiger partial charge on any atom is -0.490 e. The smallest absolute Gasteiger partial charge is 0.271 e. The Morgan fingerprint density at radius 1 is 1.46 bits per heavy atom. The van der Waals surface area contributed by atoms with Gasteiger partial charge in [0.05, 0.1) is 0 Å². The molecule has 1 atom stereocenters. The molecule has 0 aliphatic carbocycles. The summed E-state index contributed by atoms with van der Waals surface area (Å²) in [6.07, 6.45) is 3.88. The Morgan fingerprint density at radius 3 is 3.29 bits per heavy atom. The highest BCUT2D eigenvalue weighted by Gasteiger charge is 2.19. The lowest BCUT2D eigenvalue weighted by molar-refractivity contribution is 0.0946. The van der Waals surface area contributed by atoms with Crippen LogP contribution in [0.4, 0.5) is 0 Å². The summed E-state index contributed by atoms with van der Waals surface area (Å²) in [5, 5.41) is 6.30. The van der Waals surface area contributed by atoms with E-state index in [1.165, 1.54) is 5.56 Å². The summed E-state index contributed by atoms with van der Waals surface area (Å²) in [6.45, 7) is 5.26. The van der Waals surface area contributed by atoms with Crippen LogP contribution < -0.4 is 15.4 Å². The Bertz CT molecular complexity index is 745. The molecule has 1 amide bonds. The summed E-state index contributed by atoms with van der Waals surface area (Å²) in [5.74, 6) is 1.83. The van der Waals surface area contributed by atoms with Crippen LogP contribution >= 0.6 is 0 Å². The molecule has 24 heavy (non-hydrogen) atoms. The van der Waals surface area contributed by atoms with Gasteiger partial charge < -0.3 is 19.9 Å². The first-order valence-electron chi connectivity index (χ1n) is 8.52. The Hall–Kier alpha value is -2.34. The van der Waals surface area contributed by atoms with Crippen LogP contribution in [0.1, 0.15) is 34.4 Å². The maximum Gasteiger partial charge on any atom is 0.271 e. The van der Waals surface area contributed by atoms with Gasteiger partial charge in [-0.05, 0) is 24.1 Å². The highest BCUT2D eigenvalue weighted by molar-refractivity contribution is 5.92. The lowest BCUT2D eigenvalue weighted by Crippen LogP contribution is -2.23. The summed E-state index contributed by atoms with van der Waals surface area (Å²) in [6, 6.07) is 6.12. The average molecular weight is 326 g/mol. The molecular formula is C18H22N4O2. The molecule has 2 aliphatic rings. The fraction of sp³-hybridized carbons (Fsp3) is 0.444. The van der Waals surface area contributed by atoms with Gasteiger partial charge in [0.25, 0.3) is 5.91 Å². The van der Waals surface area contributed by atoms with E-state index in [-0.39, 0.29) is 12.0 Å². The van der Waals surface area contributed by atoms with Crippen LogP contribution in [0.25, 0.3) is 0 Å². The van der Waals surface area contributed by atoms with E-state index < -0.39 is 0 Å². The van der Waals surface area contributed by atoms with Crippen LogP contribution in [-0.4, -0.2) is 34.7 Å². The van der Waals surface area contributed by atoms with Gasteiger partial charge in [-0.1, -0.05) is 12.1 Å². The molecule has 1 aromatic carbocycles. The molecule has 4 rings (SSSR count). The zero-order chi connectivity index (χ0) is 16.5. The summed E-state index contributed by atoms with van der Waals surface area (Å²) in [4.78, 5) is 16.9. The van der Waals surface area contributed by atoms with Crippen LogP contribution in [0.3, 0.4) is 0 Å². The number of aromatic nitrogens is 2. The number of benzene rings is 1. The molecule has 0 radical (unpaired) electrons. The number of ether oxygens (including phenoxy) is 1. The topological polar surface area (TPSA) is 68.2 Å². The number of nitrogens with zero attached hydrogens (tertiary/aromatic N) is 2. The van der Waals surface area contributed by atoms with Crippen molar-refractivity contribution >= 4 is 5.91 Å². The number of amides is 1. The summed E-state index contributed by atoms with van der Waals surface area (Å²) < 4.78 is 7.78. The number of hydrogen-bond donors (Lipinski definition) is 2. The van der Waals surface area contributed by atoms with E-state index in [2.05, 4.69) is 33.2 Å². The second-order valence-electron chi connectivity index (χ2n) is 6.49. The van der Waals surface area contributed by atoms with Crippen molar-refractivity contribution in [3.63, 3.8) is 0 Å². The summed E-state index contributed by atoms with van der Waals surface area (Å²) in [5.41, 5.74) is 2.81. The van der Waals surface area contributed by atoms with Gasteiger partial charge in [-0.2, -0.15) is 0 Å². The van der Waals surface area contributed by atoms with Gasteiger partial charge in [0, 0.05) is 45.2 Å². The first kappa shape index (κ1) is 15.2. The molecule has 126 valence electrons. The third-order valence-corrected chi connectivity index (χ3v) is 4.56. The van der Waals surface area contributed by atoms with E-state index in [9.17, 15) is 4.79 Å². The van der Waals surface area contributed by atoms with E-state index in [1.54, 1.807) is 0 Å². The molecule has 3 heterocycles. The third kappa shape index (κ3) is 3.01. The van der Waals surface area contributed by atoms with Crippen molar-refractivity contribution in [1.82, 2.24) is 20.2 Å². The molecular weight excluding hydrogens is 304 g/mol. The molecule has 0 fully saturated rings. The van der Waals surface area contributed by atoms with Crippen molar-refractivity contribution in [3.05, 3.63) is 47.0 Å². The van der Waals surface area contributed by atoms with Gasteiger partial charge in [0.1, 0.15) is 23.4 Å². The predicted molar refractivity (Wildman–Crippen MR) is 90.2 cm³/mol. The Balaban J connectivity index is 1.41. The predicted octanol–water partition coefficient (Wildman–Crippen LogP) is 1.28. The van der Waals surface area contributed by atoms with Crippen molar-refractivity contribution in [2.45, 2.75) is 39.0 Å². The minimum atomic E-state index is -0.117. The van der Waals surface area contributed by atoms with Crippen LogP contribution in [0, 0.1) is 0 Å². The Morgan fingerprint density at radius 2 is 2.38 bits per heavy atom. The fourth-order valence-electron chi connectivity index (χ4n) is 3.34. The Kier molecular flexibility index (Phi) is 3.98. The molecule has 0 spiro atoms. The molecule has 0 bridgehead atoms. The number of fused-ring (bicyclic) bond motifs is 2. The van der Waals surface area contributed by atoms with Gasteiger partial charge in [-0.15, -0.1) is 0 Å². The van der Waals surface area contributed by atoms with Crippen molar-refractivity contribution in [3.8, 4) is 5.75 Å². The number of carbonyl (C=O) groups excluding carboxylic acids is 1. The molecule has 2 aliphatic heterocycles. The largest absolute Gasteiger partial charge is 0.490 e. The number of hydrogen-bond acceptors (Lipinski definition) is 4. The van der Waals surface area contributed by atoms with Crippen molar-refractivity contribution in [2.75, 3.05) is 13.1 Å². The maximum atomic E-state index is 12.4. The van der Waals surface area contributed by atoms with Crippen LogP contribution in [0.2, 0.25) is 0 Å². The van der Waals surface area contributed by atoms with Gasteiger partial charge in [0.15, 0.2) is 0 Å². The summed E-state index contributed by atoms with van der Waals surface area (Å²) >= 11 is 0. The average Bonchev–Trinajstić information content (AvgIpc) is 3.08. The molecule has 2 N–H and O–H groups in total. The van der Waals surface area contributed by atoms with Gasteiger partial charge in [0.2, 0.25) is 0 Å². The lowest BCUT2D eigenvalue weighted by Gasteiger charge is -2.06. The van der Waals surface area contributed by atoms with Gasteiger partial charge in [-0.25, -0.2) is 4.98 Å². The Labute approximate surface area is 141 Å². The molecule has 0 saturated heterocycles. The van der Waals surface area contributed by atoms with Crippen LogP contribution in [0.5, 0.6) is 5.75 Å². The SMILES string of the molecule is CC1Cc2cc(CNC(=O)c3cn4c(n3)CCNCC4)ccc2O1. The first-order chi connectivity index (χ1) is 11.7. The second kappa shape index (κ2) is 6.28. The normalized spacial score (nSPS) is 19.1. The molecule has 6 nitrogen and oxygen atoms in total. The number of rotatable bonds is 3. The number of nitrogens with one attached hydrogen (secondary N) is 2. The first-order valence-corrected chi connectivity index (χ1v) is 8.52. The number of imidazole rings is 1. The van der Waals surface area contributed by atoms with E-state index in [0.717, 1.165) is 49.6 Å². The molecule has 6 heteroatoms. The summed E-state index contributed by atoms with van der Waals surface area (Å²) in [7, 11) is 0. The van der Waals surface area contributed by atoms with Crippen LogP contribution in [-0.2, 0) is 25.9 Å². The molecule has 1 aromatic heterocycles. The van der Waals surface area contributed by atoms with Gasteiger partial charge in [-0.3, -0.25) is 4.79 Å².